The van der Waals surface area contributed by atoms with Crippen LogP contribution in [0.4, 0.5) is 4.39 Å². The Bertz CT molecular complexity index is 879. The third-order valence-corrected chi connectivity index (χ3v) is 5.01. The molecule has 2 aromatic rings. The first kappa shape index (κ1) is 18.6. The SMILES string of the molecule is CC1(C)COC(=O)[C@@H]1O[C@@H]1C[C@H](c2ccc(F)cc2)N=C(c2ccccc2)O1. The van der Waals surface area contributed by atoms with Crippen LogP contribution in [0.2, 0.25) is 0 Å². The zero-order chi connectivity index (χ0) is 19.7. The first-order valence-corrected chi connectivity index (χ1v) is 9.30. The molecule has 2 aliphatic heterocycles. The van der Waals surface area contributed by atoms with Crippen molar-refractivity contribution in [2.45, 2.75) is 38.7 Å². The average molecular weight is 383 g/mol. The maximum Gasteiger partial charge on any atom is 0.336 e. The Balaban J connectivity index is 1.63. The fraction of sp³-hybridized carbons (Fsp3) is 0.364. The van der Waals surface area contributed by atoms with Crippen molar-refractivity contribution in [3.05, 3.63) is 71.5 Å². The second kappa shape index (κ2) is 7.36. The molecule has 2 aromatic carbocycles. The Kier molecular flexibility index (Phi) is 4.89. The first-order valence-electron chi connectivity index (χ1n) is 9.30. The Morgan fingerprint density at radius 3 is 2.46 bits per heavy atom. The molecule has 0 aromatic heterocycles. The van der Waals surface area contributed by atoms with Crippen LogP contribution in [0.3, 0.4) is 0 Å². The van der Waals surface area contributed by atoms with E-state index >= 15 is 0 Å². The van der Waals surface area contributed by atoms with Gasteiger partial charge in [-0.3, -0.25) is 0 Å². The van der Waals surface area contributed by atoms with E-state index in [1.165, 1.54) is 12.1 Å². The highest BCUT2D eigenvalue weighted by atomic mass is 19.1. The van der Waals surface area contributed by atoms with Crippen molar-refractivity contribution < 1.29 is 23.4 Å². The molecule has 0 radical (unpaired) electrons. The molecule has 146 valence electrons. The van der Waals surface area contributed by atoms with Crippen LogP contribution < -0.4 is 0 Å². The number of cyclic esters (lactones) is 1. The van der Waals surface area contributed by atoms with Crippen LogP contribution in [0, 0.1) is 11.2 Å². The largest absolute Gasteiger partial charge is 0.463 e. The van der Waals surface area contributed by atoms with Gasteiger partial charge in [0.15, 0.2) is 6.10 Å². The molecule has 28 heavy (non-hydrogen) atoms. The van der Waals surface area contributed by atoms with Gasteiger partial charge in [-0.15, -0.1) is 0 Å². The third kappa shape index (κ3) is 3.78. The number of esters is 1. The summed E-state index contributed by atoms with van der Waals surface area (Å²) in [4.78, 5) is 16.8. The summed E-state index contributed by atoms with van der Waals surface area (Å²) < 4.78 is 30.6. The summed E-state index contributed by atoms with van der Waals surface area (Å²) in [5.74, 6) is -0.239. The average Bonchev–Trinajstić information content (AvgIpc) is 2.96. The number of rotatable bonds is 4. The molecule has 0 unspecified atom stereocenters. The van der Waals surface area contributed by atoms with Gasteiger partial charge < -0.3 is 14.2 Å². The lowest BCUT2D eigenvalue weighted by molar-refractivity contribution is -0.175. The van der Waals surface area contributed by atoms with Gasteiger partial charge in [-0.2, -0.15) is 0 Å². The van der Waals surface area contributed by atoms with Crippen molar-refractivity contribution in [2.75, 3.05) is 6.61 Å². The Morgan fingerprint density at radius 2 is 1.82 bits per heavy atom. The van der Waals surface area contributed by atoms with Crippen molar-refractivity contribution in [3.8, 4) is 0 Å². The van der Waals surface area contributed by atoms with Gasteiger partial charge in [-0.25, -0.2) is 14.2 Å². The summed E-state index contributed by atoms with van der Waals surface area (Å²) in [6, 6.07) is 15.5. The predicted molar refractivity (Wildman–Crippen MR) is 101 cm³/mol. The van der Waals surface area contributed by atoms with Crippen LogP contribution in [0.5, 0.6) is 0 Å². The second-order valence-corrected chi connectivity index (χ2v) is 7.76. The van der Waals surface area contributed by atoms with Gasteiger partial charge in [0.05, 0.1) is 12.6 Å². The molecule has 0 bridgehead atoms. The molecule has 0 saturated carbocycles. The van der Waals surface area contributed by atoms with E-state index in [1.54, 1.807) is 12.1 Å². The van der Waals surface area contributed by atoms with E-state index in [1.807, 2.05) is 44.2 Å². The Hall–Kier alpha value is -2.73. The summed E-state index contributed by atoms with van der Waals surface area (Å²) in [6.45, 7) is 4.16. The lowest BCUT2D eigenvalue weighted by atomic mass is 9.89. The highest BCUT2D eigenvalue weighted by Gasteiger charge is 2.47. The van der Waals surface area contributed by atoms with E-state index in [-0.39, 0.29) is 17.8 Å². The van der Waals surface area contributed by atoms with Crippen LogP contribution in [0.25, 0.3) is 0 Å². The van der Waals surface area contributed by atoms with Crippen molar-refractivity contribution in [3.63, 3.8) is 0 Å². The molecule has 2 heterocycles. The van der Waals surface area contributed by atoms with E-state index in [9.17, 15) is 9.18 Å². The molecule has 0 N–H and O–H groups in total. The molecule has 3 atom stereocenters. The van der Waals surface area contributed by atoms with Crippen molar-refractivity contribution in [1.82, 2.24) is 0 Å². The molecule has 1 saturated heterocycles. The summed E-state index contributed by atoms with van der Waals surface area (Å²) >= 11 is 0. The molecule has 1 fully saturated rings. The van der Waals surface area contributed by atoms with Gasteiger partial charge in [0.1, 0.15) is 5.82 Å². The molecular formula is C22H22FNO4. The van der Waals surface area contributed by atoms with Gasteiger partial charge in [-0.1, -0.05) is 44.2 Å². The van der Waals surface area contributed by atoms with E-state index < -0.39 is 17.8 Å². The number of hydrogen-bond donors (Lipinski definition) is 0. The number of hydrogen-bond acceptors (Lipinski definition) is 5. The standard InChI is InChI=1S/C22H22FNO4/c1-22(2)13-26-21(25)19(22)27-18-12-17(14-8-10-16(23)11-9-14)24-20(28-18)15-6-4-3-5-7-15/h3-11,17-19H,12-13H2,1-2H3/t17-,18+,19+/m1/s1. The molecule has 0 spiro atoms. The molecule has 6 heteroatoms. The molecule has 0 aliphatic carbocycles. The summed E-state index contributed by atoms with van der Waals surface area (Å²) in [5.41, 5.74) is 1.24. The van der Waals surface area contributed by atoms with E-state index in [2.05, 4.69) is 0 Å². The summed E-state index contributed by atoms with van der Waals surface area (Å²) in [6.07, 6.45) is -0.957. The molecule has 2 aliphatic rings. The number of ether oxygens (including phenoxy) is 3. The normalized spacial score (nSPS) is 26.3. The molecular weight excluding hydrogens is 361 g/mol. The predicted octanol–water partition coefficient (Wildman–Crippen LogP) is 4.03. The minimum absolute atomic E-state index is 0.268. The fourth-order valence-electron chi connectivity index (χ4n) is 3.40. The molecule has 0 amide bonds. The number of carbonyl (C=O) groups is 1. The lowest BCUT2D eigenvalue weighted by Gasteiger charge is -2.32. The van der Waals surface area contributed by atoms with E-state index in [0.29, 0.717) is 18.9 Å². The number of benzene rings is 2. The zero-order valence-corrected chi connectivity index (χ0v) is 15.8. The van der Waals surface area contributed by atoms with Gasteiger partial charge >= 0.3 is 5.97 Å². The lowest BCUT2D eigenvalue weighted by Crippen LogP contribution is -2.40. The van der Waals surface area contributed by atoms with Crippen molar-refractivity contribution in [2.24, 2.45) is 10.4 Å². The maximum absolute atomic E-state index is 13.3. The summed E-state index contributed by atoms with van der Waals surface area (Å²) in [5, 5.41) is 0. The summed E-state index contributed by atoms with van der Waals surface area (Å²) in [7, 11) is 0. The van der Waals surface area contributed by atoms with Crippen LogP contribution in [-0.4, -0.2) is 30.9 Å². The minimum Gasteiger partial charge on any atom is -0.463 e. The minimum atomic E-state index is -0.707. The van der Waals surface area contributed by atoms with Crippen LogP contribution >= 0.6 is 0 Å². The van der Waals surface area contributed by atoms with E-state index in [4.69, 9.17) is 19.2 Å². The second-order valence-electron chi connectivity index (χ2n) is 7.76. The number of aliphatic imine (C=N–C) groups is 1. The first-order chi connectivity index (χ1) is 13.4. The maximum atomic E-state index is 13.3. The highest BCUT2D eigenvalue weighted by molar-refractivity contribution is 5.94. The van der Waals surface area contributed by atoms with Gasteiger partial charge in [0, 0.05) is 17.4 Å². The number of carbonyl (C=O) groups excluding carboxylic acids is 1. The fourth-order valence-corrected chi connectivity index (χ4v) is 3.40. The zero-order valence-electron chi connectivity index (χ0n) is 15.8. The molecule has 4 rings (SSSR count). The van der Waals surface area contributed by atoms with Gasteiger partial charge in [0.2, 0.25) is 12.2 Å². The number of halogens is 1. The molecule has 5 nitrogen and oxygen atoms in total. The van der Waals surface area contributed by atoms with Crippen LogP contribution in [-0.2, 0) is 19.0 Å². The highest BCUT2D eigenvalue weighted by Crippen LogP contribution is 2.36. The Labute approximate surface area is 163 Å². The monoisotopic (exact) mass is 383 g/mol. The third-order valence-electron chi connectivity index (χ3n) is 5.01. The van der Waals surface area contributed by atoms with Gasteiger partial charge in [0.25, 0.3) is 0 Å². The van der Waals surface area contributed by atoms with Crippen molar-refractivity contribution >= 4 is 11.9 Å². The van der Waals surface area contributed by atoms with Crippen LogP contribution in [0.15, 0.2) is 59.6 Å². The topological polar surface area (TPSA) is 57.1 Å². The van der Waals surface area contributed by atoms with Crippen molar-refractivity contribution in [1.29, 1.82) is 0 Å². The van der Waals surface area contributed by atoms with Gasteiger partial charge in [-0.05, 0) is 29.8 Å². The van der Waals surface area contributed by atoms with E-state index in [0.717, 1.165) is 11.1 Å². The van der Waals surface area contributed by atoms with Crippen LogP contribution in [0.1, 0.15) is 37.4 Å². The number of nitrogens with zero attached hydrogens (tertiary/aromatic N) is 1. The Morgan fingerprint density at radius 1 is 1.11 bits per heavy atom. The quantitative estimate of drug-likeness (QED) is 0.748. The smallest absolute Gasteiger partial charge is 0.336 e.